The van der Waals surface area contributed by atoms with E-state index in [1.807, 2.05) is 17.9 Å². The molecule has 3 aliphatic carbocycles. The fourth-order valence-corrected chi connectivity index (χ4v) is 8.66. The van der Waals surface area contributed by atoms with Crippen molar-refractivity contribution in [1.82, 2.24) is 15.0 Å². The van der Waals surface area contributed by atoms with Crippen LogP contribution in [0, 0.1) is 34.0 Å². The first kappa shape index (κ1) is 28.5. The van der Waals surface area contributed by atoms with Gasteiger partial charge in [0, 0.05) is 36.3 Å². The Labute approximate surface area is 235 Å². The number of anilines is 1. The molecule has 0 spiro atoms. The number of esters is 1. The van der Waals surface area contributed by atoms with Crippen LogP contribution >= 0.6 is 11.8 Å². The first-order valence-corrected chi connectivity index (χ1v) is 15.2. The second-order valence-electron chi connectivity index (χ2n) is 12.5. The number of aromatic nitrogens is 3. The van der Waals surface area contributed by atoms with Crippen LogP contribution in [0.2, 0.25) is 0 Å². The van der Waals surface area contributed by atoms with Crippen molar-refractivity contribution in [3.05, 3.63) is 19.0 Å². The SMILES string of the molecule is C=C[C@]1(C)C[C@@H](OC(=O)CSc2ncnc(N3CCOCC3)n2)[C@]2(C)[C@H](C)CC[C@]3(CCC(=O)[C@H]32)[C@@H](C)[C@@H]1O. The number of carbonyl (C=O) groups excluding carboxylic acids is 2. The molecule has 1 aromatic rings. The van der Waals surface area contributed by atoms with Gasteiger partial charge in [-0.3, -0.25) is 9.59 Å². The summed E-state index contributed by atoms with van der Waals surface area (Å²) in [6, 6.07) is 0. The van der Waals surface area contributed by atoms with E-state index in [0.717, 1.165) is 19.3 Å². The number of hydrogen-bond donors (Lipinski definition) is 1. The molecule has 214 valence electrons. The van der Waals surface area contributed by atoms with Gasteiger partial charge in [-0.15, -0.1) is 6.58 Å². The van der Waals surface area contributed by atoms with Crippen molar-refractivity contribution in [2.75, 3.05) is 37.0 Å². The Morgan fingerprint density at radius 1 is 1.28 bits per heavy atom. The van der Waals surface area contributed by atoms with Gasteiger partial charge in [0.05, 0.1) is 25.1 Å². The number of Topliss-reactive ketones (excluding diaryl/α,β-unsaturated/α-hetero) is 1. The van der Waals surface area contributed by atoms with Gasteiger partial charge < -0.3 is 19.5 Å². The lowest BCUT2D eigenvalue weighted by Crippen LogP contribution is -2.63. The van der Waals surface area contributed by atoms with Gasteiger partial charge in [0.1, 0.15) is 18.2 Å². The second-order valence-corrected chi connectivity index (χ2v) is 13.5. The maximum absolute atomic E-state index is 13.5. The summed E-state index contributed by atoms with van der Waals surface area (Å²) in [7, 11) is 0. The molecule has 0 amide bonds. The van der Waals surface area contributed by atoms with Crippen LogP contribution in [0.5, 0.6) is 0 Å². The van der Waals surface area contributed by atoms with Crippen molar-refractivity contribution >= 4 is 29.5 Å². The highest BCUT2D eigenvalue weighted by Crippen LogP contribution is 2.68. The predicted molar refractivity (Wildman–Crippen MR) is 148 cm³/mol. The Bertz CT molecular complexity index is 1110. The molecule has 1 aliphatic heterocycles. The molecule has 0 aromatic carbocycles. The number of rotatable bonds is 6. The van der Waals surface area contributed by atoms with Crippen molar-refractivity contribution < 1.29 is 24.2 Å². The van der Waals surface area contributed by atoms with Crippen LogP contribution in [-0.2, 0) is 19.1 Å². The summed E-state index contributed by atoms with van der Waals surface area (Å²) in [6.45, 7) is 15.2. The van der Waals surface area contributed by atoms with Crippen molar-refractivity contribution in [3.63, 3.8) is 0 Å². The lowest BCUT2D eigenvalue weighted by molar-refractivity contribution is -0.205. The summed E-state index contributed by atoms with van der Waals surface area (Å²) >= 11 is 1.22. The molecule has 0 unspecified atom stereocenters. The van der Waals surface area contributed by atoms with Crippen LogP contribution in [0.4, 0.5) is 5.95 Å². The number of morpholine rings is 1. The minimum absolute atomic E-state index is 0.0427. The number of ketones is 1. The van der Waals surface area contributed by atoms with Gasteiger partial charge in [-0.1, -0.05) is 45.5 Å². The molecule has 4 aliphatic rings. The molecule has 3 saturated carbocycles. The zero-order valence-electron chi connectivity index (χ0n) is 23.6. The topological polar surface area (TPSA) is 115 Å². The quantitative estimate of drug-likeness (QED) is 0.315. The summed E-state index contributed by atoms with van der Waals surface area (Å²) < 4.78 is 11.7. The second kappa shape index (κ2) is 10.7. The van der Waals surface area contributed by atoms with Gasteiger partial charge in [0.15, 0.2) is 5.16 Å². The van der Waals surface area contributed by atoms with E-state index >= 15 is 0 Å². The summed E-state index contributed by atoms with van der Waals surface area (Å²) in [5, 5.41) is 12.1. The van der Waals surface area contributed by atoms with E-state index in [1.54, 1.807) is 0 Å². The fraction of sp³-hybridized carbons (Fsp3) is 0.759. The molecule has 39 heavy (non-hydrogen) atoms. The monoisotopic (exact) mass is 558 g/mol. The molecule has 2 heterocycles. The lowest BCUT2D eigenvalue weighted by atomic mass is 9.44. The Morgan fingerprint density at radius 3 is 2.74 bits per heavy atom. The van der Waals surface area contributed by atoms with Gasteiger partial charge >= 0.3 is 5.97 Å². The maximum Gasteiger partial charge on any atom is 0.316 e. The normalized spacial score (nSPS) is 40.4. The van der Waals surface area contributed by atoms with Crippen molar-refractivity contribution in [2.24, 2.45) is 34.0 Å². The maximum atomic E-state index is 13.5. The van der Waals surface area contributed by atoms with Gasteiger partial charge in [-0.2, -0.15) is 4.98 Å². The third-order valence-electron chi connectivity index (χ3n) is 10.7. The smallest absolute Gasteiger partial charge is 0.316 e. The van der Waals surface area contributed by atoms with Crippen LogP contribution in [0.15, 0.2) is 24.1 Å². The number of aliphatic hydroxyl groups is 1. The molecule has 1 N–H and O–H groups in total. The third-order valence-corrected chi connectivity index (χ3v) is 11.6. The minimum Gasteiger partial charge on any atom is -0.461 e. The van der Waals surface area contributed by atoms with Gasteiger partial charge in [-0.05, 0) is 42.9 Å². The summed E-state index contributed by atoms with van der Waals surface area (Å²) in [5.41, 5.74) is -1.47. The van der Waals surface area contributed by atoms with Crippen molar-refractivity contribution in [3.8, 4) is 0 Å². The molecule has 9 nitrogen and oxygen atoms in total. The minimum atomic E-state index is -0.680. The molecule has 4 fully saturated rings. The Kier molecular flexibility index (Phi) is 7.85. The fourth-order valence-electron chi connectivity index (χ4n) is 8.08. The molecule has 5 rings (SSSR count). The molecule has 10 heteroatoms. The summed E-state index contributed by atoms with van der Waals surface area (Å²) in [5.74, 6) is 0.400. The van der Waals surface area contributed by atoms with Crippen LogP contribution in [0.25, 0.3) is 0 Å². The Hall–Kier alpha value is -2.04. The van der Waals surface area contributed by atoms with E-state index in [4.69, 9.17) is 9.47 Å². The first-order valence-electron chi connectivity index (χ1n) is 14.2. The molecular formula is C29H42N4O5S. The first-order chi connectivity index (χ1) is 18.5. The van der Waals surface area contributed by atoms with Crippen LogP contribution < -0.4 is 4.90 Å². The molecule has 1 saturated heterocycles. The van der Waals surface area contributed by atoms with Gasteiger partial charge in [-0.25, -0.2) is 9.97 Å². The predicted octanol–water partition coefficient (Wildman–Crippen LogP) is 3.71. The van der Waals surface area contributed by atoms with E-state index in [0.29, 0.717) is 50.2 Å². The largest absolute Gasteiger partial charge is 0.461 e. The molecule has 2 bridgehead atoms. The Morgan fingerprint density at radius 2 is 2.03 bits per heavy atom. The zero-order chi connectivity index (χ0) is 28.0. The van der Waals surface area contributed by atoms with E-state index < -0.39 is 23.0 Å². The van der Waals surface area contributed by atoms with Crippen LogP contribution in [0.3, 0.4) is 0 Å². The highest BCUT2D eigenvalue weighted by Gasteiger charge is 2.68. The van der Waals surface area contributed by atoms with Gasteiger partial charge in [0.25, 0.3) is 0 Å². The van der Waals surface area contributed by atoms with Crippen molar-refractivity contribution in [2.45, 2.75) is 77.2 Å². The number of hydrogen-bond acceptors (Lipinski definition) is 10. The van der Waals surface area contributed by atoms with Crippen molar-refractivity contribution in [1.29, 1.82) is 0 Å². The highest BCUT2D eigenvalue weighted by molar-refractivity contribution is 7.99. The third kappa shape index (κ3) is 4.80. The number of thioether (sulfide) groups is 1. The van der Waals surface area contributed by atoms with Crippen LogP contribution in [0.1, 0.15) is 59.8 Å². The molecular weight excluding hydrogens is 516 g/mol. The number of nitrogens with zero attached hydrogens (tertiary/aromatic N) is 4. The number of ether oxygens (including phenoxy) is 2. The van der Waals surface area contributed by atoms with E-state index in [1.165, 1.54) is 18.1 Å². The lowest BCUT2D eigenvalue weighted by Gasteiger charge is -2.61. The average molecular weight is 559 g/mol. The van der Waals surface area contributed by atoms with E-state index in [2.05, 4.69) is 42.3 Å². The number of aliphatic hydroxyl groups excluding tert-OH is 1. The van der Waals surface area contributed by atoms with E-state index in [9.17, 15) is 14.7 Å². The standard InChI is InChI=1S/C29H42N4O5S/c1-6-27(4)15-21(28(5)18(2)7-9-29(19(3)24(27)36)10-8-20(34)23(28)29)38-22(35)16-39-26-31-17-30-25(32-26)33-11-13-37-14-12-33/h6,17-19,21,23-24,36H,1,7-16H2,2-5H3/t18-,19+,21-,23+,24+,27-,28+,29+/m1/s1. The summed E-state index contributed by atoms with van der Waals surface area (Å²) in [4.78, 5) is 42.0. The average Bonchev–Trinajstić information content (AvgIpc) is 3.31. The Balaban J connectivity index is 1.39. The summed E-state index contributed by atoms with van der Waals surface area (Å²) in [6.07, 6.45) is 5.66. The van der Waals surface area contributed by atoms with Crippen LogP contribution in [-0.4, -0.2) is 76.1 Å². The highest BCUT2D eigenvalue weighted by atomic mass is 32.2. The molecule has 1 aromatic heterocycles. The molecule has 0 radical (unpaired) electrons. The van der Waals surface area contributed by atoms with E-state index in [-0.39, 0.29) is 40.7 Å². The zero-order valence-corrected chi connectivity index (χ0v) is 24.4. The van der Waals surface area contributed by atoms with Gasteiger partial charge in [0.2, 0.25) is 5.95 Å². The number of carbonyl (C=O) groups is 2. The molecule has 8 atom stereocenters.